The lowest BCUT2D eigenvalue weighted by Crippen LogP contribution is -2.18. The van der Waals surface area contributed by atoms with Crippen LogP contribution in [0.5, 0.6) is 0 Å². The van der Waals surface area contributed by atoms with Crippen molar-refractivity contribution < 1.29 is 13.2 Å². The van der Waals surface area contributed by atoms with E-state index in [2.05, 4.69) is 15.1 Å². The maximum absolute atomic E-state index is 12.2. The molecule has 0 amide bonds. The minimum absolute atomic E-state index is 0.0246. The zero-order valence-corrected chi connectivity index (χ0v) is 8.97. The molecule has 0 bridgehead atoms. The number of fused-ring (bicyclic) bond motifs is 1. The Hall–Kier alpha value is -1.08. The van der Waals surface area contributed by atoms with E-state index in [4.69, 9.17) is 23.2 Å². The van der Waals surface area contributed by atoms with Crippen molar-refractivity contribution in [3.8, 4) is 0 Å². The van der Waals surface area contributed by atoms with Crippen molar-refractivity contribution in [2.24, 2.45) is 0 Å². The van der Waals surface area contributed by atoms with Gasteiger partial charge in [0.15, 0.2) is 5.65 Å². The zero-order valence-electron chi connectivity index (χ0n) is 7.46. The molecule has 86 valence electrons. The zero-order chi connectivity index (χ0) is 11.9. The lowest BCUT2D eigenvalue weighted by molar-refractivity contribution is -0.141. The largest absolute Gasteiger partial charge is 0.408 e. The Kier molecular flexibility index (Phi) is 2.67. The molecular formula is C7H3Cl2F3N4. The predicted molar refractivity (Wildman–Crippen MR) is 51.4 cm³/mol. The molecule has 2 heterocycles. The predicted octanol–water partition coefficient (Wildman–Crippen LogP) is 2.70. The standard InChI is InChI=1S/C7H3Cl2F3N4/c8-4-3-1-13-16(2-7(10,11)12)5(3)15-6(9)14-4/h1H,2H2. The fourth-order valence-corrected chi connectivity index (χ4v) is 1.60. The molecule has 0 unspecified atom stereocenters. The maximum atomic E-state index is 12.2. The second kappa shape index (κ2) is 3.74. The van der Waals surface area contributed by atoms with Crippen LogP contribution in [0, 0.1) is 0 Å². The summed E-state index contributed by atoms with van der Waals surface area (Å²) < 4.78 is 37.2. The summed E-state index contributed by atoms with van der Waals surface area (Å²) in [5, 5.41) is 3.52. The van der Waals surface area contributed by atoms with Gasteiger partial charge in [-0.3, -0.25) is 0 Å². The Balaban J connectivity index is 2.56. The van der Waals surface area contributed by atoms with Gasteiger partial charge in [-0.15, -0.1) is 0 Å². The van der Waals surface area contributed by atoms with E-state index in [1.165, 1.54) is 6.20 Å². The lowest BCUT2D eigenvalue weighted by Gasteiger charge is -2.06. The Bertz CT molecular complexity index is 536. The van der Waals surface area contributed by atoms with Gasteiger partial charge in [0, 0.05) is 0 Å². The van der Waals surface area contributed by atoms with Crippen LogP contribution in [0.15, 0.2) is 6.20 Å². The summed E-state index contributed by atoms with van der Waals surface area (Å²) in [4.78, 5) is 7.25. The molecule has 0 aliphatic carbocycles. The highest BCUT2D eigenvalue weighted by molar-refractivity contribution is 6.35. The van der Waals surface area contributed by atoms with E-state index in [0.29, 0.717) is 4.68 Å². The van der Waals surface area contributed by atoms with Crippen LogP contribution in [0.25, 0.3) is 11.0 Å². The molecule has 0 saturated carbocycles. The van der Waals surface area contributed by atoms with E-state index in [9.17, 15) is 13.2 Å². The number of alkyl halides is 3. The molecule has 0 radical (unpaired) electrons. The third-order valence-electron chi connectivity index (χ3n) is 1.75. The first-order valence-corrected chi connectivity index (χ1v) is 4.74. The van der Waals surface area contributed by atoms with Crippen LogP contribution < -0.4 is 0 Å². The van der Waals surface area contributed by atoms with E-state index >= 15 is 0 Å². The summed E-state index contributed by atoms with van der Waals surface area (Å²) in [5.74, 6) is 0. The van der Waals surface area contributed by atoms with Gasteiger partial charge in [0.25, 0.3) is 0 Å². The van der Waals surface area contributed by atoms with Crippen LogP contribution in [0.4, 0.5) is 13.2 Å². The van der Waals surface area contributed by atoms with Crippen molar-refractivity contribution in [1.82, 2.24) is 19.7 Å². The van der Waals surface area contributed by atoms with E-state index in [1.54, 1.807) is 0 Å². The van der Waals surface area contributed by atoms with E-state index in [1.807, 2.05) is 0 Å². The Labute approximate surface area is 97.0 Å². The number of hydrogen-bond acceptors (Lipinski definition) is 3. The number of rotatable bonds is 1. The minimum atomic E-state index is -4.39. The summed E-state index contributed by atoms with van der Waals surface area (Å²) in [5.41, 5.74) is -0.0395. The van der Waals surface area contributed by atoms with Gasteiger partial charge in [-0.1, -0.05) is 11.6 Å². The van der Waals surface area contributed by atoms with Crippen LogP contribution in [0.2, 0.25) is 10.4 Å². The molecule has 2 aromatic rings. The molecule has 0 aromatic carbocycles. The molecule has 0 aliphatic heterocycles. The monoisotopic (exact) mass is 270 g/mol. The molecule has 16 heavy (non-hydrogen) atoms. The van der Waals surface area contributed by atoms with Crippen LogP contribution in [0.3, 0.4) is 0 Å². The van der Waals surface area contributed by atoms with Crippen molar-refractivity contribution in [1.29, 1.82) is 0 Å². The summed E-state index contributed by atoms with van der Waals surface area (Å²) in [7, 11) is 0. The highest BCUT2D eigenvalue weighted by Gasteiger charge is 2.29. The molecule has 4 nitrogen and oxygen atoms in total. The molecule has 2 rings (SSSR count). The molecule has 0 aliphatic rings. The third-order valence-corrected chi connectivity index (χ3v) is 2.21. The molecule has 0 saturated heterocycles. The smallest absolute Gasteiger partial charge is 0.238 e. The molecule has 9 heteroatoms. The molecule has 0 spiro atoms. The van der Waals surface area contributed by atoms with Gasteiger partial charge < -0.3 is 0 Å². The number of aromatic nitrogens is 4. The third kappa shape index (κ3) is 2.19. The van der Waals surface area contributed by atoms with Crippen molar-refractivity contribution >= 4 is 34.2 Å². The Morgan fingerprint density at radius 3 is 2.56 bits per heavy atom. The second-order valence-electron chi connectivity index (χ2n) is 2.94. The Morgan fingerprint density at radius 2 is 1.94 bits per heavy atom. The van der Waals surface area contributed by atoms with Crippen molar-refractivity contribution in [2.45, 2.75) is 12.7 Å². The molecule has 0 N–H and O–H groups in total. The summed E-state index contributed by atoms with van der Waals surface area (Å²) in [6, 6.07) is 0. The van der Waals surface area contributed by atoms with E-state index in [-0.39, 0.29) is 21.5 Å². The van der Waals surface area contributed by atoms with Gasteiger partial charge >= 0.3 is 6.18 Å². The Morgan fingerprint density at radius 1 is 1.25 bits per heavy atom. The second-order valence-corrected chi connectivity index (χ2v) is 3.63. The summed E-state index contributed by atoms with van der Waals surface area (Å²) in [6.45, 7) is -1.25. The number of nitrogens with zero attached hydrogens (tertiary/aromatic N) is 4. The van der Waals surface area contributed by atoms with E-state index in [0.717, 1.165) is 0 Å². The average Bonchev–Trinajstić information content (AvgIpc) is 2.46. The van der Waals surface area contributed by atoms with Gasteiger partial charge in [-0.2, -0.15) is 23.3 Å². The molecule has 2 aromatic heterocycles. The first kappa shape index (κ1) is 11.4. The quantitative estimate of drug-likeness (QED) is 0.591. The van der Waals surface area contributed by atoms with Crippen LogP contribution in [-0.4, -0.2) is 25.9 Å². The average molecular weight is 271 g/mol. The normalized spacial score (nSPS) is 12.3. The summed E-state index contributed by atoms with van der Waals surface area (Å²) >= 11 is 11.2. The highest BCUT2D eigenvalue weighted by Crippen LogP contribution is 2.24. The van der Waals surface area contributed by atoms with Crippen LogP contribution in [-0.2, 0) is 6.54 Å². The number of halogens is 5. The lowest BCUT2D eigenvalue weighted by atomic mass is 10.4. The van der Waals surface area contributed by atoms with Gasteiger partial charge in [-0.05, 0) is 11.6 Å². The van der Waals surface area contributed by atoms with Gasteiger partial charge in [0.05, 0.1) is 11.6 Å². The van der Waals surface area contributed by atoms with Crippen molar-refractivity contribution in [2.75, 3.05) is 0 Å². The molecule has 0 fully saturated rings. The minimum Gasteiger partial charge on any atom is -0.238 e. The van der Waals surface area contributed by atoms with Gasteiger partial charge in [0.1, 0.15) is 11.7 Å². The van der Waals surface area contributed by atoms with E-state index < -0.39 is 12.7 Å². The fraction of sp³-hybridized carbons (Fsp3) is 0.286. The van der Waals surface area contributed by atoms with Crippen molar-refractivity contribution in [3.63, 3.8) is 0 Å². The van der Waals surface area contributed by atoms with Crippen molar-refractivity contribution in [3.05, 3.63) is 16.6 Å². The van der Waals surface area contributed by atoms with Crippen LogP contribution >= 0.6 is 23.2 Å². The van der Waals surface area contributed by atoms with Gasteiger partial charge in [-0.25, -0.2) is 9.67 Å². The van der Waals surface area contributed by atoms with Crippen LogP contribution in [0.1, 0.15) is 0 Å². The first-order valence-electron chi connectivity index (χ1n) is 3.98. The van der Waals surface area contributed by atoms with Gasteiger partial charge in [0.2, 0.25) is 5.28 Å². The molecule has 0 atom stereocenters. The maximum Gasteiger partial charge on any atom is 0.408 e. The molecular weight excluding hydrogens is 268 g/mol. The topological polar surface area (TPSA) is 43.6 Å². The first-order chi connectivity index (χ1) is 7.37. The fourth-order valence-electron chi connectivity index (χ4n) is 1.18. The SMILES string of the molecule is FC(F)(F)Cn1ncc2c(Cl)nc(Cl)nc21. The number of hydrogen-bond donors (Lipinski definition) is 0. The highest BCUT2D eigenvalue weighted by atomic mass is 35.5. The summed E-state index contributed by atoms with van der Waals surface area (Å²) in [6.07, 6.45) is -3.22.